The topological polar surface area (TPSA) is 95.1 Å². The Labute approximate surface area is 192 Å². The van der Waals surface area contributed by atoms with Crippen molar-refractivity contribution in [1.29, 1.82) is 0 Å². The molecule has 1 saturated heterocycles. The van der Waals surface area contributed by atoms with Gasteiger partial charge in [0.1, 0.15) is 5.76 Å². The molecule has 1 unspecified atom stereocenters. The minimum atomic E-state index is -0.830. The molecule has 2 heterocycles. The summed E-state index contributed by atoms with van der Waals surface area (Å²) in [7, 11) is 6.82. The maximum atomic E-state index is 13.3. The number of Topliss-reactive ketones (excluding diaryl/α,β-unsaturated/α-hetero) is 1. The number of aromatic nitrogens is 1. The van der Waals surface area contributed by atoms with Crippen LogP contribution in [-0.4, -0.2) is 73.0 Å². The highest BCUT2D eigenvalue weighted by Gasteiger charge is 2.47. The Morgan fingerprint density at radius 3 is 2.55 bits per heavy atom. The first-order valence-corrected chi connectivity index (χ1v) is 10.6. The monoisotopic (exact) mass is 449 g/mol. The molecule has 8 nitrogen and oxygen atoms in total. The van der Waals surface area contributed by atoms with Crippen LogP contribution in [0.4, 0.5) is 0 Å². The molecule has 1 aliphatic rings. The zero-order chi connectivity index (χ0) is 23.7. The fraction of sp³-hybridized carbons (Fsp3) is 0.280. The summed E-state index contributed by atoms with van der Waals surface area (Å²) in [5, 5.41) is 12.1. The molecule has 172 valence electrons. The number of nitrogens with one attached hydrogen (secondary N) is 1. The molecular formula is C25H27N3O5. The van der Waals surface area contributed by atoms with Gasteiger partial charge in [-0.1, -0.05) is 30.3 Å². The van der Waals surface area contributed by atoms with Crippen LogP contribution in [0.2, 0.25) is 0 Å². The lowest BCUT2D eigenvalue weighted by Gasteiger charge is -2.28. The van der Waals surface area contributed by atoms with Crippen molar-refractivity contribution in [3.8, 4) is 11.5 Å². The highest BCUT2D eigenvalue weighted by atomic mass is 16.5. The van der Waals surface area contributed by atoms with Crippen LogP contribution in [0.15, 0.2) is 54.2 Å². The Morgan fingerprint density at radius 1 is 1.09 bits per heavy atom. The molecule has 1 aliphatic heterocycles. The number of nitrogens with zero attached hydrogens (tertiary/aromatic N) is 2. The first-order chi connectivity index (χ1) is 15.9. The lowest BCUT2D eigenvalue weighted by molar-refractivity contribution is -0.140. The Hall–Kier alpha value is -3.78. The largest absolute Gasteiger partial charge is 0.507 e. The number of H-pyrrole nitrogens is 1. The van der Waals surface area contributed by atoms with E-state index < -0.39 is 17.7 Å². The van der Waals surface area contributed by atoms with Crippen LogP contribution in [0.3, 0.4) is 0 Å². The summed E-state index contributed by atoms with van der Waals surface area (Å²) in [6.45, 7) is 0.843. The van der Waals surface area contributed by atoms with E-state index in [0.29, 0.717) is 35.7 Å². The van der Waals surface area contributed by atoms with Gasteiger partial charge in [0.05, 0.1) is 25.8 Å². The van der Waals surface area contributed by atoms with E-state index in [-0.39, 0.29) is 11.3 Å². The zero-order valence-corrected chi connectivity index (χ0v) is 19.1. The van der Waals surface area contributed by atoms with Crippen LogP contribution >= 0.6 is 0 Å². The molecule has 3 aromatic rings. The summed E-state index contributed by atoms with van der Waals surface area (Å²) < 4.78 is 11.1. The maximum absolute atomic E-state index is 13.3. The molecule has 1 amide bonds. The summed E-state index contributed by atoms with van der Waals surface area (Å²) >= 11 is 0. The van der Waals surface area contributed by atoms with E-state index in [0.717, 1.165) is 10.9 Å². The second kappa shape index (κ2) is 8.99. The van der Waals surface area contributed by atoms with Gasteiger partial charge in [0, 0.05) is 41.3 Å². The lowest BCUT2D eigenvalue weighted by atomic mass is 9.94. The Bertz CT molecular complexity index is 1240. The molecule has 1 atom stereocenters. The standard InChI is InChI=1S/C25H27N3O5/c1-27(2)12-13-28-21(16-9-7-11-19(32-3)24(16)33-4)20(23(30)25(28)31)22(29)17-14-26-18-10-6-5-8-15(17)18/h5-11,14,21,26,29H,12-13H2,1-4H3/b22-20+. The van der Waals surface area contributed by atoms with Gasteiger partial charge in [0.15, 0.2) is 11.5 Å². The van der Waals surface area contributed by atoms with E-state index in [1.807, 2.05) is 43.3 Å². The van der Waals surface area contributed by atoms with Crippen molar-refractivity contribution in [2.24, 2.45) is 0 Å². The number of ketones is 1. The first kappa shape index (κ1) is 22.4. The lowest BCUT2D eigenvalue weighted by Crippen LogP contribution is -2.35. The number of para-hydroxylation sites is 2. The molecular weight excluding hydrogens is 422 g/mol. The van der Waals surface area contributed by atoms with Crippen LogP contribution in [0.1, 0.15) is 17.2 Å². The SMILES string of the molecule is COc1cccc(C2/C(=C(\O)c3c[nH]c4ccccc34)C(=O)C(=O)N2CCN(C)C)c1OC. The summed E-state index contributed by atoms with van der Waals surface area (Å²) in [6.07, 6.45) is 1.65. The smallest absolute Gasteiger partial charge is 0.295 e. The molecule has 4 rings (SSSR count). The number of aliphatic hydroxyl groups is 1. The van der Waals surface area contributed by atoms with Crippen molar-refractivity contribution in [2.45, 2.75) is 6.04 Å². The van der Waals surface area contributed by atoms with E-state index in [1.54, 1.807) is 24.4 Å². The van der Waals surface area contributed by atoms with E-state index >= 15 is 0 Å². The third kappa shape index (κ3) is 3.82. The second-order valence-corrected chi connectivity index (χ2v) is 8.13. The predicted molar refractivity (Wildman–Crippen MR) is 125 cm³/mol. The number of methoxy groups -OCH3 is 2. The highest BCUT2D eigenvalue weighted by Crippen LogP contribution is 2.45. The summed E-state index contributed by atoms with van der Waals surface area (Å²) in [5.41, 5.74) is 1.87. The van der Waals surface area contributed by atoms with Gasteiger partial charge >= 0.3 is 0 Å². The van der Waals surface area contributed by atoms with E-state index in [4.69, 9.17) is 9.47 Å². The van der Waals surface area contributed by atoms with Gasteiger partial charge in [-0.3, -0.25) is 9.59 Å². The first-order valence-electron chi connectivity index (χ1n) is 10.6. The third-order valence-electron chi connectivity index (χ3n) is 5.90. The van der Waals surface area contributed by atoms with Crippen molar-refractivity contribution >= 4 is 28.4 Å². The Kier molecular flexibility index (Phi) is 6.11. The minimum absolute atomic E-state index is 0.0232. The molecule has 0 saturated carbocycles. The molecule has 0 bridgehead atoms. The number of carbonyl (C=O) groups is 2. The number of benzene rings is 2. The van der Waals surface area contributed by atoms with Crippen LogP contribution in [0.25, 0.3) is 16.7 Å². The summed E-state index contributed by atoms with van der Waals surface area (Å²) in [4.78, 5) is 32.9. The quantitative estimate of drug-likeness (QED) is 0.327. The highest BCUT2D eigenvalue weighted by molar-refractivity contribution is 6.46. The number of hydrogen-bond donors (Lipinski definition) is 2. The molecule has 0 aliphatic carbocycles. The van der Waals surface area contributed by atoms with Crippen molar-refractivity contribution in [3.63, 3.8) is 0 Å². The van der Waals surface area contributed by atoms with Gasteiger partial charge in [-0.15, -0.1) is 0 Å². The molecule has 8 heteroatoms. The predicted octanol–water partition coefficient (Wildman–Crippen LogP) is 3.17. The van der Waals surface area contributed by atoms with E-state index in [2.05, 4.69) is 4.98 Å². The number of fused-ring (bicyclic) bond motifs is 1. The molecule has 2 N–H and O–H groups in total. The molecule has 33 heavy (non-hydrogen) atoms. The number of aromatic amines is 1. The maximum Gasteiger partial charge on any atom is 0.295 e. The molecule has 1 fully saturated rings. The molecule has 1 aromatic heterocycles. The van der Waals surface area contributed by atoms with E-state index in [1.165, 1.54) is 19.1 Å². The normalized spacial score (nSPS) is 17.8. The van der Waals surface area contributed by atoms with Gasteiger partial charge in [0.2, 0.25) is 0 Å². The fourth-order valence-corrected chi connectivity index (χ4v) is 4.28. The van der Waals surface area contributed by atoms with Crippen LogP contribution in [0, 0.1) is 0 Å². The third-order valence-corrected chi connectivity index (χ3v) is 5.90. The number of likely N-dealkylation sites (tertiary alicyclic amines) is 1. The zero-order valence-electron chi connectivity index (χ0n) is 19.1. The van der Waals surface area contributed by atoms with Gasteiger partial charge < -0.3 is 29.4 Å². The molecule has 0 radical (unpaired) electrons. The van der Waals surface area contributed by atoms with Gasteiger partial charge in [-0.25, -0.2) is 0 Å². The van der Waals surface area contributed by atoms with Crippen LogP contribution in [0.5, 0.6) is 11.5 Å². The Morgan fingerprint density at radius 2 is 1.85 bits per heavy atom. The van der Waals surface area contributed by atoms with Crippen LogP contribution < -0.4 is 9.47 Å². The number of likely N-dealkylation sites (N-methyl/N-ethyl adjacent to an activating group) is 1. The van der Waals surface area contributed by atoms with E-state index in [9.17, 15) is 14.7 Å². The molecule has 2 aromatic carbocycles. The average molecular weight is 450 g/mol. The Balaban J connectivity index is 1.96. The number of ether oxygens (including phenoxy) is 2. The fourth-order valence-electron chi connectivity index (χ4n) is 4.28. The van der Waals surface area contributed by atoms with Crippen LogP contribution in [-0.2, 0) is 9.59 Å². The number of hydrogen-bond acceptors (Lipinski definition) is 6. The van der Waals surface area contributed by atoms with Crippen molar-refractivity contribution in [2.75, 3.05) is 41.4 Å². The number of rotatable bonds is 7. The van der Waals surface area contributed by atoms with Gasteiger partial charge in [-0.05, 0) is 26.2 Å². The van der Waals surface area contributed by atoms with Crippen molar-refractivity contribution < 1.29 is 24.2 Å². The van der Waals surface area contributed by atoms with Crippen molar-refractivity contribution in [3.05, 3.63) is 65.4 Å². The van der Waals surface area contributed by atoms with Gasteiger partial charge in [-0.2, -0.15) is 0 Å². The summed E-state index contributed by atoms with van der Waals surface area (Å²) in [6, 6.07) is 11.9. The minimum Gasteiger partial charge on any atom is -0.507 e. The number of amides is 1. The summed E-state index contributed by atoms with van der Waals surface area (Å²) in [5.74, 6) is -0.737. The average Bonchev–Trinajstić information content (AvgIpc) is 3.35. The number of carbonyl (C=O) groups excluding carboxylic acids is 2. The molecule has 0 spiro atoms. The number of aliphatic hydroxyl groups excluding tert-OH is 1. The second-order valence-electron chi connectivity index (χ2n) is 8.13. The van der Waals surface area contributed by atoms with Gasteiger partial charge in [0.25, 0.3) is 11.7 Å². The van der Waals surface area contributed by atoms with Crippen molar-refractivity contribution in [1.82, 2.24) is 14.8 Å².